The Labute approximate surface area is 82.2 Å². The molecule has 0 bridgehead atoms. The summed E-state index contributed by atoms with van der Waals surface area (Å²) in [5, 5.41) is 0. The Balaban J connectivity index is 0.000000810. The summed E-state index contributed by atoms with van der Waals surface area (Å²) in [7, 11) is 0. The Morgan fingerprint density at radius 3 is 2.70 bits per heavy atom. The number of hydrogen-bond acceptors (Lipinski definition) is 0. The first-order valence-electron chi connectivity index (χ1n) is 3.55. The van der Waals surface area contributed by atoms with E-state index in [-0.39, 0.29) is 25.8 Å². The zero-order chi connectivity index (χ0) is 6.69. The average Bonchev–Trinajstić information content (AvgIpc) is 2.15. The monoisotopic (exact) mass is 301 g/mol. The maximum absolute atomic E-state index is 3.29. The van der Waals surface area contributed by atoms with Gasteiger partial charge >= 0.3 is 0 Å². The molecule has 0 amide bonds. The van der Waals surface area contributed by atoms with Gasteiger partial charge in [0.2, 0.25) is 0 Å². The Kier molecular flexibility index (Phi) is 5.24. The van der Waals surface area contributed by atoms with Crippen molar-refractivity contribution in [3.8, 4) is 0 Å². The Morgan fingerprint density at radius 2 is 2.30 bits per heavy atom. The van der Waals surface area contributed by atoms with Crippen molar-refractivity contribution in [2.24, 2.45) is 5.92 Å². The molecule has 0 heterocycles. The van der Waals surface area contributed by atoms with Gasteiger partial charge in [-0.1, -0.05) is 20.3 Å². The van der Waals surface area contributed by atoms with E-state index in [9.17, 15) is 0 Å². The second-order valence-electron chi connectivity index (χ2n) is 2.91. The maximum atomic E-state index is 3.29. The molecule has 0 spiro atoms. The van der Waals surface area contributed by atoms with E-state index in [0.29, 0.717) is 0 Å². The molecule has 10 heavy (non-hydrogen) atoms. The fourth-order valence-electron chi connectivity index (χ4n) is 1.03. The van der Waals surface area contributed by atoms with Crippen molar-refractivity contribution in [1.29, 1.82) is 0 Å². The molecule has 0 fully saturated rings. The van der Waals surface area contributed by atoms with Crippen LogP contribution in [-0.2, 0) is 25.8 Å². The summed E-state index contributed by atoms with van der Waals surface area (Å²) in [4.78, 5) is 0. The predicted octanol–water partition coefficient (Wildman–Crippen LogP) is 2.72. The Hall–Kier alpha value is 0.350. The molecule has 0 nitrogen and oxygen atoms in total. The van der Waals surface area contributed by atoms with Gasteiger partial charge in [-0.25, -0.2) is 11.6 Å². The van der Waals surface area contributed by atoms with Crippen molar-refractivity contribution in [1.82, 2.24) is 0 Å². The van der Waals surface area contributed by atoms with E-state index < -0.39 is 0 Å². The largest absolute Gasteiger partial charge is 0.269 e. The van der Waals surface area contributed by atoms with E-state index in [4.69, 9.17) is 0 Å². The maximum Gasteiger partial charge on any atom is 0 e. The standard InChI is InChI=1S/C9H13.Hf/c1-8(2)7-9-5-3-4-6-9;/h3,5,8H,4,7H2,1-2H3;/q-1;. The van der Waals surface area contributed by atoms with Crippen LogP contribution in [0.25, 0.3) is 0 Å². The van der Waals surface area contributed by atoms with Crippen LogP contribution in [0.1, 0.15) is 26.7 Å². The SMILES string of the molecule is CC(C)CC1=[C-]CC=C1.[Hf]. The summed E-state index contributed by atoms with van der Waals surface area (Å²) in [6.45, 7) is 4.47. The normalized spacial score (nSPS) is 15.3. The van der Waals surface area contributed by atoms with Crippen LogP contribution in [-0.4, -0.2) is 0 Å². The molecular weight excluding hydrogens is 287 g/mol. The first-order chi connectivity index (χ1) is 4.29. The van der Waals surface area contributed by atoms with Gasteiger partial charge in [0.15, 0.2) is 0 Å². The summed E-state index contributed by atoms with van der Waals surface area (Å²) in [6, 6.07) is 0. The van der Waals surface area contributed by atoms with Gasteiger partial charge in [-0.2, -0.15) is 6.08 Å². The van der Waals surface area contributed by atoms with Crippen LogP contribution in [0.3, 0.4) is 0 Å². The van der Waals surface area contributed by atoms with E-state index in [1.165, 1.54) is 12.0 Å². The molecule has 0 saturated carbocycles. The molecule has 1 aliphatic carbocycles. The molecule has 1 rings (SSSR count). The summed E-state index contributed by atoms with van der Waals surface area (Å²) >= 11 is 0. The smallest absolute Gasteiger partial charge is 0 e. The van der Waals surface area contributed by atoms with E-state index in [1.54, 1.807) is 0 Å². The molecule has 0 aromatic carbocycles. The van der Waals surface area contributed by atoms with E-state index in [2.05, 4.69) is 32.1 Å². The molecule has 0 saturated heterocycles. The third-order valence-electron chi connectivity index (χ3n) is 1.39. The minimum atomic E-state index is 0. The number of hydrogen-bond donors (Lipinski definition) is 0. The zero-order valence-corrected chi connectivity index (χ0v) is 10.2. The van der Waals surface area contributed by atoms with Crippen LogP contribution in [0, 0.1) is 12.0 Å². The van der Waals surface area contributed by atoms with Crippen molar-refractivity contribution in [2.75, 3.05) is 0 Å². The van der Waals surface area contributed by atoms with Gasteiger partial charge in [0.1, 0.15) is 0 Å². The first kappa shape index (κ1) is 10.4. The van der Waals surface area contributed by atoms with Crippen LogP contribution in [0.5, 0.6) is 0 Å². The van der Waals surface area contributed by atoms with Gasteiger partial charge in [-0.05, 0) is 5.92 Å². The van der Waals surface area contributed by atoms with Gasteiger partial charge < -0.3 is 0 Å². The van der Waals surface area contributed by atoms with Crippen LogP contribution < -0.4 is 0 Å². The van der Waals surface area contributed by atoms with Crippen molar-refractivity contribution in [2.45, 2.75) is 26.7 Å². The fraction of sp³-hybridized carbons (Fsp3) is 0.556. The summed E-state index contributed by atoms with van der Waals surface area (Å²) in [6.07, 6.45) is 9.86. The van der Waals surface area contributed by atoms with Gasteiger partial charge in [-0.3, -0.25) is 6.08 Å². The van der Waals surface area contributed by atoms with Gasteiger partial charge in [0, 0.05) is 25.8 Å². The average molecular weight is 300 g/mol. The van der Waals surface area contributed by atoms with Gasteiger partial charge in [0.05, 0.1) is 0 Å². The van der Waals surface area contributed by atoms with Crippen molar-refractivity contribution < 1.29 is 25.8 Å². The number of rotatable bonds is 2. The Morgan fingerprint density at radius 1 is 1.60 bits per heavy atom. The Bertz CT molecular complexity index is 143. The molecule has 0 aromatic rings. The first-order valence-corrected chi connectivity index (χ1v) is 3.55. The molecule has 0 aliphatic heterocycles. The summed E-state index contributed by atoms with van der Waals surface area (Å²) in [5.41, 5.74) is 1.39. The minimum absolute atomic E-state index is 0. The molecule has 0 N–H and O–H groups in total. The predicted molar refractivity (Wildman–Crippen MR) is 40.0 cm³/mol. The van der Waals surface area contributed by atoms with Crippen LogP contribution in [0.15, 0.2) is 17.7 Å². The molecule has 54 valence electrons. The fourth-order valence-corrected chi connectivity index (χ4v) is 1.03. The molecular formula is C9H13Hf-. The van der Waals surface area contributed by atoms with E-state index in [1.807, 2.05) is 0 Å². The van der Waals surface area contributed by atoms with Crippen LogP contribution in [0.4, 0.5) is 0 Å². The van der Waals surface area contributed by atoms with Crippen molar-refractivity contribution in [3.63, 3.8) is 0 Å². The molecule has 0 unspecified atom stereocenters. The molecule has 1 heteroatoms. The molecule has 1 aliphatic rings. The van der Waals surface area contributed by atoms with Crippen LogP contribution in [0.2, 0.25) is 0 Å². The molecule has 0 radical (unpaired) electrons. The van der Waals surface area contributed by atoms with Crippen LogP contribution >= 0.6 is 0 Å². The summed E-state index contributed by atoms with van der Waals surface area (Å²) < 4.78 is 0. The number of allylic oxidation sites excluding steroid dienone is 4. The second-order valence-corrected chi connectivity index (χ2v) is 2.91. The van der Waals surface area contributed by atoms with E-state index in [0.717, 1.165) is 12.3 Å². The molecule has 0 atom stereocenters. The zero-order valence-electron chi connectivity index (χ0n) is 6.65. The third kappa shape index (κ3) is 3.50. The van der Waals surface area contributed by atoms with Gasteiger partial charge in [-0.15, -0.1) is 6.42 Å². The molecule has 0 aromatic heterocycles. The summed E-state index contributed by atoms with van der Waals surface area (Å²) in [5.74, 6) is 0.773. The minimum Gasteiger partial charge on any atom is -0.269 e. The van der Waals surface area contributed by atoms with Crippen molar-refractivity contribution >= 4 is 0 Å². The third-order valence-corrected chi connectivity index (χ3v) is 1.39. The van der Waals surface area contributed by atoms with E-state index >= 15 is 0 Å². The second kappa shape index (κ2) is 5.06. The van der Waals surface area contributed by atoms with Crippen molar-refractivity contribution in [3.05, 3.63) is 23.8 Å². The van der Waals surface area contributed by atoms with Gasteiger partial charge in [0.25, 0.3) is 0 Å². The quantitative estimate of drug-likeness (QED) is 0.543. The topological polar surface area (TPSA) is 0 Å².